The highest BCUT2D eigenvalue weighted by molar-refractivity contribution is 7.86. The maximum Gasteiger partial charge on any atom is 0.189 e. The van der Waals surface area contributed by atoms with Gasteiger partial charge in [-0.2, -0.15) is 0 Å². The van der Waals surface area contributed by atoms with Crippen LogP contribution in [0.25, 0.3) is 21.9 Å². The molecule has 11 heteroatoms. The lowest BCUT2D eigenvalue weighted by atomic mass is 10.1. The van der Waals surface area contributed by atoms with E-state index in [1.54, 1.807) is 0 Å². The molecule has 110 valence electrons. The van der Waals surface area contributed by atoms with E-state index in [1.165, 1.54) is 6.07 Å². The van der Waals surface area contributed by atoms with Gasteiger partial charge >= 0.3 is 0 Å². The highest BCUT2D eigenvalue weighted by atomic mass is 32.2. The van der Waals surface area contributed by atoms with Gasteiger partial charge < -0.3 is 13.6 Å². The molecular formula is C10H4N2O7S2-2. The van der Waals surface area contributed by atoms with E-state index in [4.69, 9.17) is 4.52 Å². The van der Waals surface area contributed by atoms with Crippen LogP contribution in [0.5, 0.6) is 0 Å². The van der Waals surface area contributed by atoms with Gasteiger partial charge in [-0.15, -0.1) is 5.10 Å². The number of hydrogen-bond donors (Lipinski definition) is 0. The van der Waals surface area contributed by atoms with Crippen LogP contribution in [0.2, 0.25) is 0 Å². The number of fused-ring (bicyclic) bond motifs is 3. The van der Waals surface area contributed by atoms with Crippen molar-refractivity contribution < 1.29 is 30.5 Å². The predicted molar refractivity (Wildman–Crippen MR) is 65.2 cm³/mol. The van der Waals surface area contributed by atoms with Crippen molar-refractivity contribution in [2.24, 2.45) is 0 Å². The second kappa shape index (κ2) is 4.21. The molecular weight excluding hydrogens is 324 g/mol. The lowest BCUT2D eigenvalue weighted by molar-refractivity contribution is 0.423. The first-order valence-electron chi connectivity index (χ1n) is 5.28. The Morgan fingerprint density at radius 2 is 1.67 bits per heavy atom. The molecule has 0 aliphatic rings. The lowest BCUT2D eigenvalue weighted by Gasteiger charge is -2.13. The quantitative estimate of drug-likeness (QED) is 0.599. The SMILES string of the molecule is O=S(=O)([O-])c1ccc2c(c1)c(S(=O)(=O)[O-])cc1onnc12. The van der Waals surface area contributed by atoms with Gasteiger partial charge in [0.25, 0.3) is 0 Å². The molecule has 0 bridgehead atoms. The number of aromatic nitrogens is 2. The molecule has 0 saturated heterocycles. The lowest BCUT2D eigenvalue weighted by Crippen LogP contribution is -2.02. The third-order valence-electron chi connectivity index (χ3n) is 2.85. The number of rotatable bonds is 2. The zero-order valence-electron chi connectivity index (χ0n) is 9.88. The topological polar surface area (TPSA) is 153 Å². The van der Waals surface area contributed by atoms with Gasteiger partial charge in [0.15, 0.2) is 5.58 Å². The number of hydrogen-bond acceptors (Lipinski definition) is 9. The van der Waals surface area contributed by atoms with Crippen molar-refractivity contribution in [3.63, 3.8) is 0 Å². The van der Waals surface area contributed by atoms with E-state index in [0.717, 1.165) is 18.2 Å². The summed E-state index contributed by atoms with van der Waals surface area (Å²) in [5.74, 6) is 0. The van der Waals surface area contributed by atoms with E-state index in [2.05, 4.69) is 10.4 Å². The maximum absolute atomic E-state index is 11.3. The van der Waals surface area contributed by atoms with Crippen LogP contribution in [0.4, 0.5) is 0 Å². The molecule has 1 aromatic heterocycles. The van der Waals surface area contributed by atoms with Crippen molar-refractivity contribution in [3.8, 4) is 0 Å². The van der Waals surface area contributed by atoms with Crippen molar-refractivity contribution in [1.29, 1.82) is 0 Å². The highest BCUT2D eigenvalue weighted by Gasteiger charge is 2.16. The summed E-state index contributed by atoms with van der Waals surface area (Å²) in [4.78, 5) is -1.37. The molecule has 0 radical (unpaired) electrons. The van der Waals surface area contributed by atoms with Gasteiger partial charge in [-0.3, -0.25) is 0 Å². The normalized spacial score (nSPS) is 13.0. The first-order chi connectivity index (χ1) is 9.68. The number of nitrogens with zero attached hydrogens (tertiary/aromatic N) is 2. The Bertz CT molecular complexity index is 1080. The summed E-state index contributed by atoms with van der Waals surface area (Å²) in [7, 11) is -9.73. The van der Waals surface area contributed by atoms with Gasteiger partial charge in [0.05, 0.1) is 9.79 Å². The van der Waals surface area contributed by atoms with Gasteiger partial charge in [0, 0.05) is 22.1 Å². The first kappa shape index (κ1) is 13.9. The Labute approximate surface area is 117 Å². The second-order valence-corrected chi connectivity index (χ2v) is 6.84. The second-order valence-electron chi connectivity index (χ2n) is 4.11. The van der Waals surface area contributed by atoms with Crippen LogP contribution >= 0.6 is 0 Å². The molecule has 0 amide bonds. The van der Waals surface area contributed by atoms with E-state index in [1.807, 2.05) is 0 Å². The Morgan fingerprint density at radius 3 is 2.29 bits per heavy atom. The van der Waals surface area contributed by atoms with Gasteiger partial charge in [-0.25, -0.2) is 16.8 Å². The smallest absolute Gasteiger partial charge is 0.189 e. The molecule has 9 nitrogen and oxygen atoms in total. The summed E-state index contributed by atoms with van der Waals surface area (Å²) in [5.41, 5.74) is 0.0990. The summed E-state index contributed by atoms with van der Waals surface area (Å²) in [6, 6.07) is 3.86. The Morgan fingerprint density at radius 1 is 0.952 bits per heavy atom. The van der Waals surface area contributed by atoms with Crippen LogP contribution in [0.15, 0.2) is 38.6 Å². The average molecular weight is 328 g/mol. The van der Waals surface area contributed by atoms with Crippen LogP contribution in [-0.4, -0.2) is 36.3 Å². The van der Waals surface area contributed by atoms with Crippen LogP contribution < -0.4 is 0 Å². The minimum Gasteiger partial charge on any atom is -0.744 e. The largest absolute Gasteiger partial charge is 0.744 e. The van der Waals surface area contributed by atoms with Crippen molar-refractivity contribution in [3.05, 3.63) is 24.3 Å². The van der Waals surface area contributed by atoms with Gasteiger partial charge in [-0.05, 0) is 12.1 Å². The average Bonchev–Trinajstić information content (AvgIpc) is 2.83. The van der Waals surface area contributed by atoms with E-state index in [-0.39, 0.29) is 21.9 Å². The molecule has 21 heavy (non-hydrogen) atoms. The fourth-order valence-corrected chi connectivity index (χ4v) is 3.16. The summed E-state index contributed by atoms with van der Waals surface area (Å²) in [6.07, 6.45) is 0. The molecule has 1 heterocycles. The van der Waals surface area contributed by atoms with E-state index < -0.39 is 30.0 Å². The minimum absolute atomic E-state index is 0.0466. The number of benzene rings is 2. The highest BCUT2D eigenvalue weighted by Crippen LogP contribution is 2.31. The molecule has 0 atom stereocenters. The van der Waals surface area contributed by atoms with Crippen LogP contribution in [0.1, 0.15) is 0 Å². The van der Waals surface area contributed by atoms with Gasteiger partial charge in [0.2, 0.25) is 0 Å². The maximum atomic E-state index is 11.3. The van der Waals surface area contributed by atoms with Gasteiger partial charge in [0.1, 0.15) is 25.8 Å². The van der Waals surface area contributed by atoms with Gasteiger partial charge in [-0.1, -0.05) is 6.07 Å². The van der Waals surface area contributed by atoms with E-state index in [9.17, 15) is 25.9 Å². The molecule has 3 aromatic rings. The van der Waals surface area contributed by atoms with Crippen molar-refractivity contribution in [2.45, 2.75) is 9.79 Å². The van der Waals surface area contributed by atoms with E-state index >= 15 is 0 Å². The minimum atomic E-state index is -4.92. The molecule has 0 spiro atoms. The molecule has 0 aliphatic carbocycles. The van der Waals surface area contributed by atoms with Crippen LogP contribution in [0.3, 0.4) is 0 Å². The molecule has 0 N–H and O–H groups in total. The van der Waals surface area contributed by atoms with Crippen molar-refractivity contribution in [1.82, 2.24) is 10.4 Å². The third-order valence-corrected chi connectivity index (χ3v) is 4.55. The molecule has 2 aromatic carbocycles. The molecule has 0 unspecified atom stereocenters. The first-order valence-corrected chi connectivity index (χ1v) is 8.10. The monoisotopic (exact) mass is 328 g/mol. The Balaban J connectivity index is 2.58. The predicted octanol–water partition coefficient (Wildman–Crippen LogP) is 0.184. The Kier molecular flexibility index (Phi) is 2.78. The van der Waals surface area contributed by atoms with Crippen LogP contribution in [-0.2, 0) is 20.2 Å². The van der Waals surface area contributed by atoms with Crippen molar-refractivity contribution in [2.75, 3.05) is 0 Å². The summed E-state index contributed by atoms with van der Waals surface area (Å²) < 4.78 is 71.7. The molecule has 0 saturated carbocycles. The fourth-order valence-electron chi connectivity index (χ4n) is 1.97. The fraction of sp³-hybridized carbons (Fsp3) is 0. The molecule has 0 fully saturated rings. The zero-order chi connectivity index (χ0) is 15.4. The molecule has 3 rings (SSSR count). The summed E-state index contributed by atoms with van der Waals surface area (Å²) in [5, 5.41) is 6.77. The Hall–Kier alpha value is -2.08. The summed E-state index contributed by atoms with van der Waals surface area (Å²) >= 11 is 0. The van der Waals surface area contributed by atoms with Crippen LogP contribution in [0, 0.1) is 0 Å². The third kappa shape index (κ3) is 2.25. The zero-order valence-corrected chi connectivity index (χ0v) is 11.5. The molecule has 0 aliphatic heterocycles. The van der Waals surface area contributed by atoms with E-state index in [0.29, 0.717) is 0 Å². The standard InChI is InChI=1S/C10H6N2O7S2/c13-20(14,15)5-1-2-6-7(3-5)9(21(16,17)18)4-8-10(6)11-12-19-8/h1-4H,(H,13,14,15)(H,16,17,18)/p-2. The summed E-state index contributed by atoms with van der Waals surface area (Å²) in [6.45, 7) is 0. The van der Waals surface area contributed by atoms with Crippen molar-refractivity contribution >= 4 is 42.1 Å².